The van der Waals surface area contributed by atoms with E-state index >= 15 is 0 Å². The number of carbonyl (C=O) groups excluding carboxylic acids is 2. The maximum atomic E-state index is 12.1. The average Bonchev–Trinajstić information content (AvgIpc) is 2.46. The summed E-state index contributed by atoms with van der Waals surface area (Å²) in [6.45, 7) is 4.04. The lowest BCUT2D eigenvalue weighted by Crippen LogP contribution is -2.39. The standard InChI is InChI=1S/C14H20N2O3/c1-4-14(2,9-15)13(18)16-11-7-5-10(6-8-11)12(17)19-3/h5-8H,4,9,15H2,1-3H3,(H,16,18). The molecule has 0 saturated carbocycles. The summed E-state index contributed by atoms with van der Waals surface area (Å²) >= 11 is 0. The number of nitrogens with one attached hydrogen (secondary N) is 1. The first-order chi connectivity index (χ1) is 8.96. The summed E-state index contributed by atoms with van der Waals surface area (Å²) in [7, 11) is 1.33. The Morgan fingerprint density at radius 1 is 1.32 bits per heavy atom. The number of nitrogens with two attached hydrogens (primary N) is 1. The van der Waals surface area contributed by atoms with Gasteiger partial charge >= 0.3 is 5.97 Å². The van der Waals surface area contributed by atoms with E-state index in [-0.39, 0.29) is 12.5 Å². The van der Waals surface area contributed by atoms with Gasteiger partial charge in [-0.25, -0.2) is 4.79 Å². The van der Waals surface area contributed by atoms with E-state index in [4.69, 9.17) is 5.73 Å². The van der Waals surface area contributed by atoms with Crippen LogP contribution in [0.25, 0.3) is 0 Å². The second kappa shape index (κ2) is 6.33. The molecule has 0 heterocycles. The van der Waals surface area contributed by atoms with Crippen molar-refractivity contribution in [3.8, 4) is 0 Å². The molecule has 1 aromatic carbocycles. The number of methoxy groups -OCH3 is 1. The molecule has 1 aromatic rings. The van der Waals surface area contributed by atoms with Gasteiger partial charge in [0.05, 0.1) is 18.1 Å². The summed E-state index contributed by atoms with van der Waals surface area (Å²) in [5, 5.41) is 2.80. The highest BCUT2D eigenvalue weighted by molar-refractivity contribution is 5.96. The van der Waals surface area contributed by atoms with Gasteiger partial charge < -0.3 is 15.8 Å². The topological polar surface area (TPSA) is 81.4 Å². The van der Waals surface area contributed by atoms with Crippen molar-refractivity contribution in [1.29, 1.82) is 0 Å². The fraction of sp³-hybridized carbons (Fsp3) is 0.429. The molecule has 0 aromatic heterocycles. The number of benzene rings is 1. The zero-order valence-electron chi connectivity index (χ0n) is 11.5. The van der Waals surface area contributed by atoms with Crippen molar-refractivity contribution in [1.82, 2.24) is 0 Å². The summed E-state index contributed by atoms with van der Waals surface area (Å²) in [5.41, 5.74) is 6.12. The molecule has 0 saturated heterocycles. The van der Waals surface area contributed by atoms with Gasteiger partial charge in [0.25, 0.3) is 0 Å². The molecular formula is C14H20N2O3. The van der Waals surface area contributed by atoms with Crippen molar-refractivity contribution < 1.29 is 14.3 Å². The summed E-state index contributed by atoms with van der Waals surface area (Å²) in [6, 6.07) is 6.54. The normalized spacial score (nSPS) is 13.5. The number of hydrogen-bond acceptors (Lipinski definition) is 4. The van der Waals surface area contributed by atoms with Crippen LogP contribution in [-0.2, 0) is 9.53 Å². The van der Waals surface area contributed by atoms with E-state index in [2.05, 4.69) is 10.1 Å². The van der Waals surface area contributed by atoms with E-state index in [0.29, 0.717) is 17.7 Å². The number of esters is 1. The van der Waals surface area contributed by atoms with E-state index in [1.54, 1.807) is 24.3 Å². The van der Waals surface area contributed by atoms with Crippen molar-refractivity contribution in [2.45, 2.75) is 20.3 Å². The summed E-state index contributed by atoms with van der Waals surface area (Å²) < 4.78 is 4.60. The molecule has 5 heteroatoms. The van der Waals surface area contributed by atoms with Crippen molar-refractivity contribution in [3.05, 3.63) is 29.8 Å². The third-order valence-corrected chi connectivity index (χ3v) is 3.34. The maximum absolute atomic E-state index is 12.1. The minimum atomic E-state index is -0.582. The molecule has 19 heavy (non-hydrogen) atoms. The third-order valence-electron chi connectivity index (χ3n) is 3.34. The van der Waals surface area contributed by atoms with Crippen molar-refractivity contribution in [2.24, 2.45) is 11.1 Å². The highest BCUT2D eigenvalue weighted by Gasteiger charge is 2.29. The lowest BCUT2D eigenvalue weighted by atomic mass is 9.86. The van der Waals surface area contributed by atoms with E-state index < -0.39 is 11.4 Å². The van der Waals surface area contributed by atoms with E-state index in [1.807, 2.05) is 13.8 Å². The number of carbonyl (C=O) groups is 2. The molecule has 0 aliphatic heterocycles. The van der Waals surface area contributed by atoms with Crippen LogP contribution in [0.1, 0.15) is 30.6 Å². The Morgan fingerprint density at radius 3 is 2.32 bits per heavy atom. The first-order valence-electron chi connectivity index (χ1n) is 6.16. The average molecular weight is 264 g/mol. The fourth-order valence-corrected chi connectivity index (χ4v) is 1.49. The van der Waals surface area contributed by atoms with Gasteiger partial charge in [0.1, 0.15) is 0 Å². The van der Waals surface area contributed by atoms with Crippen LogP contribution in [0, 0.1) is 5.41 Å². The van der Waals surface area contributed by atoms with Gasteiger partial charge in [-0.2, -0.15) is 0 Å². The van der Waals surface area contributed by atoms with Crippen molar-refractivity contribution in [2.75, 3.05) is 19.0 Å². The fourth-order valence-electron chi connectivity index (χ4n) is 1.49. The summed E-state index contributed by atoms with van der Waals surface area (Å²) in [6.07, 6.45) is 0.662. The number of amides is 1. The minimum Gasteiger partial charge on any atom is -0.465 e. The molecule has 0 bridgehead atoms. The van der Waals surface area contributed by atoms with Crippen LogP contribution in [0.2, 0.25) is 0 Å². The molecule has 0 fully saturated rings. The van der Waals surface area contributed by atoms with Crippen molar-refractivity contribution >= 4 is 17.6 Å². The van der Waals surface area contributed by atoms with Gasteiger partial charge in [-0.05, 0) is 37.6 Å². The van der Waals surface area contributed by atoms with E-state index in [0.717, 1.165) is 0 Å². The van der Waals surface area contributed by atoms with Crippen LogP contribution in [0.4, 0.5) is 5.69 Å². The molecule has 5 nitrogen and oxygen atoms in total. The van der Waals surface area contributed by atoms with Crippen molar-refractivity contribution in [3.63, 3.8) is 0 Å². The molecule has 0 aliphatic carbocycles. The minimum absolute atomic E-state index is 0.122. The molecule has 0 spiro atoms. The Balaban J connectivity index is 2.78. The smallest absolute Gasteiger partial charge is 0.337 e. The highest BCUT2D eigenvalue weighted by atomic mass is 16.5. The Morgan fingerprint density at radius 2 is 1.89 bits per heavy atom. The first-order valence-corrected chi connectivity index (χ1v) is 6.16. The van der Waals surface area contributed by atoms with Crippen LogP contribution in [-0.4, -0.2) is 25.5 Å². The van der Waals surface area contributed by atoms with E-state index in [1.165, 1.54) is 7.11 Å². The van der Waals surface area contributed by atoms with Gasteiger partial charge in [-0.3, -0.25) is 4.79 Å². The maximum Gasteiger partial charge on any atom is 0.337 e. The Hall–Kier alpha value is -1.88. The molecule has 1 unspecified atom stereocenters. The number of hydrogen-bond donors (Lipinski definition) is 2. The predicted octanol–water partition coefficient (Wildman–Crippen LogP) is 1.79. The monoisotopic (exact) mass is 264 g/mol. The largest absolute Gasteiger partial charge is 0.465 e. The van der Waals surface area contributed by atoms with Crippen LogP contribution >= 0.6 is 0 Å². The molecule has 1 atom stereocenters. The first kappa shape index (κ1) is 15.2. The summed E-state index contributed by atoms with van der Waals surface area (Å²) in [4.78, 5) is 23.4. The van der Waals surface area contributed by atoms with Gasteiger partial charge in [-0.15, -0.1) is 0 Å². The molecule has 1 rings (SSSR count). The van der Waals surface area contributed by atoms with Crippen LogP contribution in [0.5, 0.6) is 0 Å². The second-order valence-electron chi connectivity index (χ2n) is 4.64. The zero-order valence-corrected chi connectivity index (χ0v) is 11.5. The van der Waals surface area contributed by atoms with Gasteiger partial charge in [0.2, 0.25) is 5.91 Å². The van der Waals surface area contributed by atoms with Gasteiger partial charge in [0.15, 0.2) is 0 Å². The highest BCUT2D eigenvalue weighted by Crippen LogP contribution is 2.22. The van der Waals surface area contributed by atoms with Crippen LogP contribution in [0.3, 0.4) is 0 Å². The predicted molar refractivity (Wildman–Crippen MR) is 73.9 cm³/mol. The SMILES string of the molecule is CCC(C)(CN)C(=O)Nc1ccc(C(=O)OC)cc1. The van der Waals surface area contributed by atoms with E-state index in [9.17, 15) is 9.59 Å². The molecular weight excluding hydrogens is 244 g/mol. The van der Waals surface area contributed by atoms with Crippen LogP contribution < -0.4 is 11.1 Å². The number of rotatable bonds is 5. The quantitative estimate of drug-likeness (QED) is 0.794. The molecule has 1 amide bonds. The summed E-state index contributed by atoms with van der Waals surface area (Å²) in [5.74, 6) is -0.526. The molecule has 3 N–H and O–H groups in total. The third kappa shape index (κ3) is 3.54. The zero-order chi connectivity index (χ0) is 14.5. The molecule has 0 aliphatic rings. The lowest BCUT2D eigenvalue weighted by molar-refractivity contribution is -0.124. The Bertz CT molecular complexity index is 450. The van der Waals surface area contributed by atoms with Gasteiger partial charge in [0, 0.05) is 12.2 Å². The Kier molecular flexibility index (Phi) is 5.06. The van der Waals surface area contributed by atoms with Gasteiger partial charge in [-0.1, -0.05) is 6.92 Å². The lowest BCUT2D eigenvalue weighted by Gasteiger charge is -2.24. The second-order valence-corrected chi connectivity index (χ2v) is 4.64. The number of ether oxygens (including phenoxy) is 1. The van der Waals surface area contributed by atoms with Crippen LogP contribution in [0.15, 0.2) is 24.3 Å². The number of anilines is 1. The Labute approximate surface area is 113 Å². The molecule has 104 valence electrons. The molecule has 0 radical (unpaired) electrons.